The highest BCUT2D eigenvalue weighted by molar-refractivity contribution is 6.66. The molecule has 8 heteroatoms. The fraction of sp³-hybridized carbons (Fsp3) is 0.600. The number of hydrogen-bond acceptors (Lipinski definition) is 6. The number of hydrogen-bond donors (Lipinski definition) is 0. The van der Waals surface area contributed by atoms with Gasteiger partial charge in [0.05, 0.1) is 7.11 Å². The molecule has 0 aliphatic rings. The highest BCUT2D eigenvalue weighted by Gasteiger charge is 2.33. The van der Waals surface area contributed by atoms with Crippen LogP contribution in [0.15, 0.2) is 24.3 Å². The number of carbonyl (C=O) groups excluding carboxylic acids is 2. The highest BCUT2D eigenvalue weighted by atomic mass is 28.4. The first-order chi connectivity index (χ1) is 10.1. The Bertz CT molecular complexity index is 389. The summed E-state index contributed by atoms with van der Waals surface area (Å²) < 4.78 is 20.3. The van der Waals surface area contributed by atoms with Gasteiger partial charge in [0.15, 0.2) is 0 Å². The molecular weight excluding hydrogens is 332 g/mol. The molecule has 0 aromatic heterocycles. The van der Waals surface area contributed by atoms with Crippen LogP contribution in [-0.4, -0.2) is 58.0 Å². The monoisotopic (exact) mass is 364 g/mol. The maximum Gasteiger partial charge on any atom is 0.374 e. The molecule has 0 aliphatic carbocycles. The quantitative estimate of drug-likeness (QED) is 0.364. The minimum atomic E-state index is -2.34. The van der Waals surface area contributed by atoms with Crippen LogP contribution in [-0.2, 0) is 27.9 Å². The fourth-order valence-electron chi connectivity index (χ4n) is 1.23. The molecule has 0 spiro atoms. The molecule has 23 heavy (non-hydrogen) atoms. The molecule has 0 unspecified atom stereocenters. The molecule has 0 radical (unpaired) electrons. The Balaban J connectivity index is -0.000000425. The van der Waals surface area contributed by atoms with Gasteiger partial charge in [0.25, 0.3) is 0 Å². The average molecular weight is 365 g/mol. The molecule has 0 aromatic carbocycles. The van der Waals surface area contributed by atoms with Gasteiger partial charge in [-0.05, 0) is 45.2 Å². The molecule has 6 nitrogen and oxygen atoms in total. The van der Waals surface area contributed by atoms with Crippen molar-refractivity contribution >= 4 is 31.5 Å². The third-order valence-electron chi connectivity index (χ3n) is 2.25. The molecule has 0 N–H and O–H groups in total. The van der Waals surface area contributed by atoms with Gasteiger partial charge < -0.3 is 18.3 Å². The number of carbonyl (C=O) groups is 2. The van der Waals surface area contributed by atoms with Gasteiger partial charge in [0, 0.05) is 24.4 Å². The molecule has 0 heterocycles. The van der Waals surface area contributed by atoms with Crippen molar-refractivity contribution in [3.05, 3.63) is 24.3 Å². The Labute approximate surface area is 145 Å². The summed E-state index contributed by atoms with van der Waals surface area (Å²) in [5.41, 5.74) is 0.821. The van der Waals surface area contributed by atoms with Crippen molar-refractivity contribution in [3.63, 3.8) is 0 Å². The maximum atomic E-state index is 11.2. The Morgan fingerprint density at radius 2 is 1.35 bits per heavy atom. The largest absolute Gasteiger partial charge is 0.466 e. The summed E-state index contributed by atoms with van der Waals surface area (Å²) in [6.45, 7) is 16.9. The van der Waals surface area contributed by atoms with Crippen molar-refractivity contribution in [2.24, 2.45) is 0 Å². The topological polar surface area (TPSA) is 71.1 Å². The Morgan fingerprint density at radius 1 is 0.957 bits per heavy atom. The van der Waals surface area contributed by atoms with E-state index in [4.69, 9.17) is 13.6 Å². The van der Waals surface area contributed by atoms with Crippen molar-refractivity contribution in [1.82, 2.24) is 0 Å². The minimum absolute atomic E-state index is 0. The van der Waals surface area contributed by atoms with E-state index < -0.39 is 14.5 Å². The van der Waals surface area contributed by atoms with Crippen LogP contribution in [0.25, 0.3) is 0 Å². The van der Waals surface area contributed by atoms with Crippen molar-refractivity contribution < 1.29 is 27.9 Å². The summed E-state index contributed by atoms with van der Waals surface area (Å²) in [6, 6.07) is 0. The summed E-state index contributed by atoms with van der Waals surface area (Å²) >= 11 is 0. The van der Waals surface area contributed by atoms with Crippen LogP contribution in [0.3, 0.4) is 0 Å². The van der Waals surface area contributed by atoms with E-state index in [1.54, 1.807) is 13.8 Å². The highest BCUT2D eigenvalue weighted by Crippen LogP contribution is 2.08. The zero-order chi connectivity index (χ0) is 17.8. The van der Waals surface area contributed by atoms with Crippen LogP contribution in [0.5, 0.6) is 0 Å². The van der Waals surface area contributed by atoms with E-state index in [9.17, 15) is 9.59 Å². The smallest absolute Gasteiger partial charge is 0.374 e. The normalized spacial score (nSPS) is 9.65. The van der Waals surface area contributed by atoms with E-state index >= 15 is 0 Å². The molecule has 0 aliphatic heterocycles. The molecular formula is C15H32O6Si2. The molecule has 0 rings (SSSR count). The third kappa shape index (κ3) is 14.1. The van der Waals surface area contributed by atoms with Crippen LogP contribution in [0.1, 0.15) is 27.7 Å². The number of rotatable bonds is 8. The van der Waals surface area contributed by atoms with Gasteiger partial charge in [-0.3, -0.25) is 0 Å². The summed E-state index contributed by atoms with van der Waals surface area (Å²) in [5, 5.41) is 0. The molecule has 0 amide bonds. The predicted molar refractivity (Wildman–Crippen MR) is 98.8 cm³/mol. The van der Waals surface area contributed by atoms with Crippen LogP contribution < -0.4 is 0 Å². The van der Waals surface area contributed by atoms with Crippen LogP contribution in [0.2, 0.25) is 6.55 Å². The Kier molecular flexibility index (Phi) is 16.7. The first kappa shape index (κ1) is 26.7. The molecule has 0 saturated heterocycles. The van der Waals surface area contributed by atoms with E-state index in [1.807, 2.05) is 20.4 Å². The van der Waals surface area contributed by atoms with Crippen LogP contribution in [0, 0.1) is 0 Å². The molecule has 0 bridgehead atoms. The zero-order valence-electron chi connectivity index (χ0n) is 14.5. The summed E-state index contributed by atoms with van der Waals surface area (Å²) in [7, 11) is -1.01. The van der Waals surface area contributed by atoms with Gasteiger partial charge in [0.2, 0.25) is 0 Å². The van der Waals surface area contributed by atoms with Crippen molar-refractivity contribution in [2.75, 3.05) is 26.6 Å². The fourth-order valence-corrected chi connectivity index (χ4v) is 3.09. The maximum absolute atomic E-state index is 11.2. The number of esters is 2. The molecule has 0 saturated carbocycles. The summed E-state index contributed by atoms with van der Waals surface area (Å²) in [5.74, 6) is -0.742. The van der Waals surface area contributed by atoms with Gasteiger partial charge in [-0.25, -0.2) is 9.59 Å². The average Bonchev–Trinajstić information content (AvgIpc) is 2.44. The van der Waals surface area contributed by atoms with Crippen molar-refractivity contribution in [2.45, 2.75) is 34.2 Å². The number of methoxy groups -OCH3 is 1. The lowest BCUT2D eigenvalue weighted by molar-refractivity contribution is -0.138. The standard InChI is InChI=1S/C10H20O4Si.C5H8O2.H4Si/c1-6-13-15(5,14-7-2)8-12-10(11)9(3)4;1-4(2)5(6)7-3;/h3,6-8H2,1-2,4-5H3;1H2,2-3H3;1H4. The van der Waals surface area contributed by atoms with Gasteiger partial charge in [-0.1, -0.05) is 13.2 Å². The molecule has 0 atom stereocenters. The van der Waals surface area contributed by atoms with E-state index in [1.165, 1.54) is 7.11 Å². The van der Waals surface area contributed by atoms with Gasteiger partial charge in [0.1, 0.15) is 6.23 Å². The molecule has 0 aromatic rings. The van der Waals surface area contributed by atoms with E-state index in [-0.39, 0.29) is 23.2 Å². The minimum Gasteiger partial charge on any atom is -0.466 e. The summed E-state index contributed by atoms with van der Waals surface area (Å²) in [6.07, 6.45) is 0.209. The Morgan fingerprint density at radius 3 is 1.57 bits per heavy atom. The first-order valence-electron chi connectivity index (χ1n) is 6.97. The zero-order valence-corrected chi connectivity index (χ0v) is 15.5. The lowest BCUT2D eigenvalue weighted by Gasteiger charge is -2.25. The second-order valence-electron chi connectivity index (χ2n) is 4.63. The van der Waals surface area contributed by atoms with E-state index in [0.29, 0.717) is 24.4 Å². The lowest BCUT2D eigenvalue weighted by atomic mass is 10.4. The van der Waals surface area contributed by atoms with Crippen LogP contribution >= 0.6 is 0 Å². The van der Waals surface area contributed by atoms with Crippen molar-refractivity contribution in [3.8, 4) is 0 Å². The summed E-state index contributed by atoms with van der Waals surface area (Å²) in [4.78, 5) is 21.4. The molecule has 0 fully saturated rings. The van der Waals surface area contributed by atoms with E-state index in [0.717, 1.165) is 0 Å². The molecule has 136 valence electrons. The van der Waals surface area contributed by atoms with Crippen molar-refractivity contribution in [1.29, 1.82) is 0 Å². The Hall–Kier alpha value is -1.23. The van der Waals surface area contributed by atoms with Gasteiger partial charge in [-0.2, -0.15) is 0 Å². The third-order valence-corrected chi connectivity index (χ3v) is 4.71. The van der Waals surface area contributed by atoms with Crippen LogP contribution in [0.4, 0.5) is 0 Å². The first-order valence-corrected chi connectivity index (χ1v) is 9.50. The lowest BCUT2D eigenvalue weighted by Crippen LogP contribution is -2.45. The van der Waals surface area contributed by atoms with Gasteiger partial charge >= 0.3 is 20.5 Å². The predicted octanol–water partition coefficient (Wildman–Crippen LogP) is 1.07. The second kappa shape index (κ2) is 14.4. The SMILES string of the molecule is C=C(C)C(=O)OC.C=C(C)C(=O)OC[Si](C)(OCC)OCC.[SiH4]. The van der Waals surface area contributed by atoms with E-state index in [2.05, 4.69) is 17.9 Å². The second-order valence-corrected chi connectivity index (χ2v) is 7.76. The number of ether oxygens (including phenoxy) is 2. The van der Waals surface area contributed by atoms with Gasteiger partial charge in [-0.15, -0.1) is 0 Å².